The molecule has 0 saturated carbocycles. The minimum absolute atomic E-state index is 0.0418. The maximum Gasteiger partial charge on any atom is 0.256 e. The van der Waals surface area contributed by atoms with E-state index in [0.29, 0.717) is 23.1 Å². The van der Waals surface area contributed by atoms with Crippen molar-refractivity contribution in [3.05, 3.63) is 59.7 Å². The van der Waals surface area contributed by atoms with Gasteiger partial charge in [-0.1, -0.05) is 12.1 Å². The Morgan fingerprint density at radius 2 is 2.24 bits per heavy atom. The fraction of sp³-hybridized carbons (Fsp3) is 0.263. The first-order valence-electron chi connectivity index (χ1n) is 8.25. The number of ether oxygens (including phenoxy) is 1. The van der Waals surface area contributed by atoms with E-state index in [-0.39, 0.29) is 11.9 Å². The lowest BCUT2D eigenvalue weighted by atomic mass is 10.0. The van der Waals surface area contributed by atoms with Crippen molar-refractivity contribution in [2.75, 3.05) is 13.7 Å². The van der Waals surface area contributed by atoms with Crippen LogP contribution in [-0.4, -0.2) is 34.4 Å². The van der Waals surface area contributed by atoms with E-state index < -0.39 is 5.82 Å². The number of hydrogen-bond acceptors (Lipinski definition) is 3. The van der Waals surface area contributed by atoms with E-state index in [4.69, 9.17) is 4.74 Å². The van der Waals surface area contributed by atoms with Crippen molar-refractivity contribution in [3.8, 4) is 5.75 Å². The highest BCUT2D eigenvalue weighted by molar-refractivity contribution is 6.05. The van der Waals surface area contributed by atoms with Gasteiger partial charge in [0.25, 0.3) is 5.91 Å². The number of nitrogens with zero attached hydrogens (tertiary/aromatic N) is 2. The lowest BCUT2D eigenvalue weighted by Crippen LogP contribution is -2.30. The van der Waals surface area contributed by atoms with Gasteiger partial charge in [0.2, 0.25) is 0 Å². The summed E-state index contributed by atoms with van der Waals surface area (Å²) in [5.41, 5.74) is 2.36. The maximum atomic E-state index is 13.9. The summed E-state index contributed by atoms with van der Waals surface area (Å²) in [6.45, 7) is 0.642. The summed E-state index contributed by atoms with van der Waals surface area (Å²) in [4.78, 5) is 22.0. The first-order valence-corrected chi connectivity index (χ1v) is 8.25. The van der Waals surface area contributed by atoms with Gasteiger partial charge in [0.1, 0.15) is 17.1 Å². The average molecular weight is 339 g/mol. The summed E-state index contributed by atoms with van der Waals surface area (Å²) in [5, 5.41) is 0. The Hall–Kier alpha value is -2.89. The van der Waals surface area contributed by atoms with Crippen LogP contribution in [0.3, 0.4) is 0 Å². The summed E-state index contributed by atoms with van der Waals surface area (Å²) in [6, 6.07) is 10.3. The number of imidazole rings is 1. The van der Waals surface area contributed by atoms with Gasteiger partial charge >= 0.3 is 0 Å². The first-order chi connectivity index (χ1) is 12.2. The molecule has 5 nitrogen and oxygen atoms in total. The molecule has 128 valence electrons. The molecule has 1 aliphatic heterocycles. The van der Waals surface area contributed by atoms with Crippen molar-refractivity contribution in [2.24, 2.45) is 0 Å². The van der Waals surface area contributed by atoms with Gasteiger partial charge in [-0.3, -0.25) is 4.79 Å². The number of benzene rings is 2. The fourth-order valence-electron chi connectivity index (χ4n) is 3.54. The smallest absolute Gasteiger partial charge is 0.256 e. The van der Waals surface area contributed by atoms with Crippen LogP contribution in [0.2, 0.25) is 0 Å². The van der Waals surface area contributed by atoms with Crippen molar-refractivity contribution in [1.82, 2.24) is 14.9 Å². The Morgan fingerprint density at radius 3 is 3.08 bits per heavy atom. The quantitative estimate of drug-likeness (QED) is 0.792. The minimum Gasteiger partial charge on any atom is -0.497 e. The third-order valence-electron chi connectivity index (χ3n) is 4.71. The van der Waals surface area contributed by atoms with Crippen LogP contribution in [0.5, 0.6) is 5.75 Å². The number of amides is 1. The van der Waals surface area contributed by atoms with Gasteiger partial charge in [-0.25, -0.2) is 9.37 Å². The Kier molecular flexibility index (Phi) is 3.87. The number of hydrogen-bond donors (Lipinski definition) is 1. The number of methoxy groups -OCH3 is 1. The van der Waals surface area contributed by atoms with E-state index in [2.05, 4.69) is 9.97 Å². The second kappa shape index (κ2) is 6.20. The van der Waals surface area contributed by atoms with Crippen LogP contribution in [-0.2, 0) is 0 Å². The number of likely N-dealkylation sites (tertiary alicyclic amines) is 1. The normalized spacial score (nSPS) is 17.2. The Bertz CT molecular complexity index is 937. The van der Waals surface area contributed by atoms with E-state index in [0.717, 1.165) is 24.2 Å². The number of rotatable bonds is 3. The average Bonchev–Trinajstić information content (AvgIpc) is 3.29. The molecule has 2 heterocycles. The summed E-state index contributed by atoms with van der Waals surface area (Å²) in [6.07, 6.45) is 3.26. The van der Waals surface area contributed by atoms with Gasteiger partial charge in [0.05, 0.1) is 30.6 Å². The standard InChI is InChI=1S/C19H18FN3O2/c1-25-14-5-2-4-12(8-14)17-6-3-7-23(17)19(24)15-9-13(20)10-16-18(15)22-11-21-16/h2,4-5,8-11,17H,3,6-7H2,1H3,(H,21,22). The molecule has 1 atom stereocenters. The first kappa shape index (κ1) is 15.6. The highest BCUT2D eigenvalue weighted by atomic mass is 19.1. The fourth-order valence-corrected chi connectivity index (χ4v) is 3.54. The molecule has 1 aliphatic rings. The number of carbonyl (C=O) groups excluding carboxylic acids is 1. The van der Waals surface area contributed by atoms with Gasteiger partial charge < -0.3 is 14.6 Å². The molecule has 1 amide bonds. The molecular weight excluding hydrogens is 321 g/mol. The van der Waals surface area contributed by atoms with Gasteiger partial charge in [0.15, 0.2) is 0 Å². The van der Waals surface area contributed by atoms with Crippen molar-refractivity contribution >= 4 is 16.9 Å². The number of nitrogens with one attached hydrogen (secondary N) is 1. The summed E-state index contributed by atoms with van der Waals surface area (Å²) in [5.74, 6) is 0.122. The monoisotopic (exact) mass is 339 g/mol. The predicted molar refractivity (Wildman–Crippen MR) is 92.1 cm³/mol. The predicted octanol–water partition coefficient (Wildman–Crippen LogP) is 3.69. The number of aromatic nitrogens is 2. The van der Waals surface area contributed by atoms with E-state index in [9.17, 15) is 9.18 Å². The molecule has 25 heavy (non-hydrogen) atoms. The highest BCUT2D eigenvalue weighted by Gasteiger charge is 2.32. The van der Waals surface area contributed by atoms with Gasteiger partial charge in [-0.05, 0) is 42.7 Å². The molecule has 3 aromatic rings. The molecule has 2 aromatic carbocycles. The summed E-state index contributed by atoms with van der Waals surface area (Å²) in [7, 11) is 1.62. The van der Waals surface area contributed by atoms with E-state index in [1.165, 1.54) is 18.5 Å². The van der Waals surface area contributed by atoms with Crippen LogP contribution < -0.4 is 4.74 Å². The SMILES string of the molecule is COc1cccc(C2CCCN2C(=O)c2cc(F)cc3[nH]cnc23)c1. The molecule has 1 unspecified atom stereocenters. The lowest BCUT2D eigenvalue weighted by Gasteiger charge is -2.25. The molecule has 0 aliphatic carbocycles. The van der Waals surface area contributed by atoms with Crippen LogP contribution in [0.25, 0.3) is 11.0 Å². The van der Waals surface area contributed by atoms with Crippen molar-refractivity contribution in [1.29, 1.82) is 0 Å². The topological polar surface area (TPSA) is 58.2 Å². The Labute approximate surface area is 144 Å². The zero-order valence-electron chi connectivity index (χ0n) is 13.8. The minimum atomic E-state index is -0.447. The molecular formula is C19H18FN3O2. The third-order valence-corrected chi connectivity index (χ3v) is 4.71. The number of aromatic amines is 1. The second-order valence-electron chi connectivity index (χ2n) is 6.19. The van der Waals surface area contributed by atoms with E-state index in [1.807, 2.05) is 24.3 Å². The molecule has 1 N–H and O–H groups in total. The van der Waals surface area contributed by atoms with Crippen molar-refractivity contribution in [3.63, 3.8) is 0 Å². The molecule has 1 saturated heterocycles. The van der Waals surface area contributed by atoms with Crippen LogP contribution >= 0.6 is 0 Å². The highest BCUT2D eigenvalue weighted by Crippen LogP contribution is 2.35. The number of H-pyrrole nitrogens is 1. The molecule has 1 fully saturated rings. The summed E-state index contributed by atoms with van der Waals surface area (Å²) >= 11 is 0. The number of carbonyl (C=O) groups is 1. The molecule has 6 heteroatoms. The van der Waals surface area contributed by atoms with Crippen molar-refractivity contribution < 1.29 is 13.9 Å². The summed E-state index contributed by atoms with van der Waals surface area (Å²) < 4.78 is 19.2. The Morgan fingerprint density at radius 1 is 1.36 bits per heavy atom. The van der Waals surface area contributed by atoms with Gasteiger partial charge in [-0.2, -0.15) is 0 Å². The lowest BCUT2D eigenvalue weighted by molar-refractivity contribution is 0.0737. The maximum absolute atomic E-state index is 13.9. The number of fused-ring (bicyclic) bond motifs is 1. The van der Waals surface area contributed by atoms with Gasteiger partial charge in [0, 0.05) is 6.54 Å². The van der Waals surface area contributed by atoms with E-state index in [1.54, 1.807) is 12.0 Å². The largest absolute Gasteiger partial charge is 0.497 e. The zero-order valence-corrected chi connectivity index (χ0v) is 13.8. The Balaban J connectivity index is 1.72. The molecule has 4 rings (SSSR count). The zero-order chi connectivity index (χ0) is 17.4. The van der Waals surface area contributed by atoms with Crippen LogP contribution in [0.15, 0.2) is 42.7 Å². The van der Waals surface area contributed by atoms with Crippen LogP contribution in [0, 0.1) is 5.82 Å². The molecule has 0 bridgehead atoms. The number of halogens is 1. The third kappa shape index (κ3) is 2.73. The van der Waals surface area contributed by atoms with E-state index >= 15 is 0 Å². The molecule has 0 radical (unpaired) electrons. The molecule has 0 spiro atoms. The van der Waals surface area contributed by atoms with Crippen molar-refractivity contribution in [2.45, 2.75) is 18.9 Å². The molecule has 1 aromatic heterocycles. The van der Waals surface area contributed by atoms with Gasteiger partial charge in [-0.15, -0.1) is 0 Å². The van der Waals surface area contributed by atoms with Crippen LogP contribution in [0.1, 0.15) is 34.8 Å². The second-order valence-corrected chi connectivity index (χ2v) is 6.19. The van der Waals surface area contributed by atoms with Crippen LogP contribution in [0.4, 0.5) is 4.39 Å².